The van der Waals surface area contributed by atoms with Crippen LogP contribution in [-0.2, 0) is 9.84 Å². The Labute approximate surface area is 203 Å². The summed E-state index contributed by atoms with van der Waals surface area (Å²) in [5.41, 5.74) is 1.47. The van der Waals surface area contributed by atoms with Crippen LogP contribution in [0.4, 0.5) is 8.78 Å². The molecule has 0 atom stereocenters. The van der Waals surface area contributed by atoms with E-state index in [1.54, 1.807) is 6.07 Å². The Morgan fingerprint density at radius 2 is 1.75 bits per heavy atom. The molecule has 0 fully saturated rings. The second kappa shape index (κ2) is 9.30. The number of halogens is 2. The van der Waals surface area contributed by atoms with Gasteiger partial charge in [-0.2, -0.15) is 0 Å². The largest absolute Gasteiger partial charge is 0.452 e. The van der Waals surface area contributed by atoms with E-state index >= 15 is 0 Å². The number of rotatable bonds is 7. The summed E-state index contributed by atoms with van der Waals surface area (Å²) in [6.07, 6.45) is 5.83. The molecule has 0 bridgehead atoms. The molecular weight excluding hydrogens is 492 g/mol. The maximum Gasteiger partial charge on any atom is 0.195 e. The first-order valence-electron chi connectivity index (χ1n) is 10.6. The van der Waals surface area contributed by atoms with Crippen LogP contribution < -0.4 is 9.47 Å². The maximum atomic E-state index is 14.3. The summed E-state index contributed by atoms with van der Waals surface area (Å²) >= 11 is 0. The van der Waals surface area contributed by atoms with E-state index in [1.807, 2.05) is 0 Å². The fourth-order valence-corrected chi connectivity index (χ4v) is 4.06. The van der Waals surface area contributed by atoms with E-state index in [1.165, 1.54) is 49.9 Å². The number of benzene rings is 2. The summed E-state index contributed by atoms with van der Waals surface area (Å²) in [4.78, 5) is 19.8. The first kappa shape index (κ1) is 23.3. The third-order valence-electron chi connectivity index (χ3n) is 5.10. The number of aromatic nitrogens is 5. The molecule has 0 aliphatic heterocycles. The van der Waals surface area contributed by atoms with Crippen LogP contribution in [-0.4, -0.2) is 39.1 Å². The average molecular weight is 509 g/mol. The molecule has 0 spiro atoms. The van der Waals surface area contributed by atoms with E-state index in [9.17, 15) is 17.2 Å². The van der Waals surface area contributed by atoms with E-state index in [4.69, 9.17) is 9.47 Å². The van der Waals surface area contributed by atoms with Crippen LogP contribution in [0.5, 0.6) is 23.0 Å². The monoisotopic (exact) mass is 509 g/mol. The van der Waals surface area contributed by atoms with Gasteiger partial charge in [0.1, 0.15) is 17.3 Å². The Kier molecular flexibility index (Phi) is 6.02. The number of pyridine rings is 1. The lowest BCUT2D eigenvalue weighted by Gasteiger charge is -2.13. The van der Waals surface area contributed by atoms with Crippen LogP contribution in [0.1, 0.15) is 6.92 Å². The van der Waals surface area contributed by atoms with Crippen LogP contribution in [0.2, 0.25) is 0 Å². The molecule has 0 unspecified atom stereocenters. The highest BCUT2D eigenvalue weighted by Gasteiger charge is 2.18. The van der Waals surface area contributed by atoms with Gasteiger partial charge in [0.25, 0.3) is 0 Å². The molecule has 0 amide bonds. The van der Waals surface area contributed by atoms with Crippen LogP contribution in [0.25, 0.3) is 22.6 Å². The number of imidazole rings is 1. The van der Waals surface area contributed by atoms with Gasteiger partial charge in [0.2, 0.25) is 0 Å². The molecule has 0 aliphatic rings. The summed E-state index contributed by atoms with van der Waals surface area (Å²) in [5, 5.41) is -0.0895. The summed E-state index contributed by atoms with van der Waals surface area (Å²) in [6.45, 7) is 1.52. The van der Waals surface area contributed by atoms with Crippen molar-refractivity contribution in [1.29, 1.82) is 0 Å². The minimum Gasteiger partial charge on any atom is -0.452 e. The first-order chi connectivity index (χ1) is 17.3. The van der Waals surface area contributed by atoms with Gasteiger partial charge in [0, 0.05) is 30.6 Å². The number of nitrogens with zero attached hydrogens (tertiary/aromatic N) is 4. The van der Waals surface area contributed by atoms with Crippen molar-refractivity contribution >= 4 is 20.9 Å². The Balaban J connectivity index is 1.57. The fraction of sp³-hybridized carbons (Fsp3) is 0.0833. The van der Waals surface area contributed by atoms with Crippen LogP contribution in [0, 0.1) is 11.6 Å². The number of hydrogen-bond donors (Lipinski definition) is 1. The Bertz CT molecular complexity index is 1660. The molecule has 1 N–H and O–H groups in total. The van der Waals surface area contributed by atoms with Gasteiger partial charge >= 0.3 is 0 Å². The van der Waals surface area contributed by atoms with E-state index in [-0.39, 0.29) is 33.8 Å². The number of fused-ring (bicyclic) bond motifs is 1. The van der Waals surface area contributed by atoms with E-state index in [0.717, 1.165) is 18.2 Å². The lowest BCUT2D eigenvalue weighted by atomic mass is 10.2. The summed E-state index contributed by atoms with van der Waals surface area (Å²) in [5.74, 6) is -1.13. The van der Waals surface area contributed by atoms with Crippen molar-refractivity contribution in [3.8, 4) is 34.5 Å². The smallest absolute Gasteiger partial charge is 0.195 e. The predicted molar refractivity (Wildman–Crippen MR) is 126 cm³/mol. The van der Waals surface area contributed by atoms with E-state index < -0.39 is 21.5 Å². The SMILES string of the molecule is CCS(=O)(=O)c1ccc(Oc2cc3[nH]c(-c4cnccn4)nc3cc2Oc2cc(F)ccc2F)cn1. The fourth-order valence-electron chi connectivity index (χ4n) is 3.28. The van der Waals surface area contributed by atoms with Gasteiger partial charge < -0.3 is 14.5 Å². The quantitative estimate of drug-likeness (QED) is 0.323. The van der Waals surface area contributed by atoms with Gasteiger partial charge in [0.05, 0.1) is 29.2 Å². The standard InChI is InChI=1S/C24H17F2N5O4S/c1-2-36(32,33)23-6-4-15(12-29-23)34-21-10-17-18(31-24(30-17)19-13-27-7-8-28-19)11-22(21)35-20-9-14(25)3-5-16(20)26/h3-13H,2H2,1H3,(H,30,31). The van der Waals surface area contributed by atoms with Gasteiger partial charge in [0.15, 0.2) is 43.8 Å². The minimum atomic E-state index is -3.49. The molecule has 36 heavy (non-hydrogen) atoms. The molecule has 9 nitrogen and oxygen atoms in total. The molecule has 5 aromatic rings. The zero-order valence-corrected chi connectivity index (χ0v) is 19.5. The molecule has 3 heterocycles. The predicted octanol–water partition coefficient (Wildman–Crippen LogP) is 5.07. The molecule has 0 radical (unpaired) electrons. The van der Waals surface area contributed by atoms with Gasteiger partial charge in [-0.05, 0) is 24.3 Å². The van der Waals surface area contributed by atoms with Gasteiger partial charge in [-0.25, -0.2) is 32.2 Å². The molecule has 0 aliphatic carbocycles. The number of hydrogen-bond acceptors (Lipinski definition) is 8. The zero-order chi connectivity index (χ0) is 25.3. The second-order valence-electron chi connectivity index (χ2n) is 7.51. The highest BCUT2D eigenvalue weighted by atomic mass is 32.2. The highest BCUT2D eigenvalue weighted by Crippen LogP contribution is 2.39. The molecule has 0 saturated heterocycles. The summed E-state index contributed by atoms with van der Waals surface area (Å²) in [6, 6.07) is 8.64. The number of nitrogens with one attached hydrogen (secondary N) is 1. The number of aromatic amines is 1. The zero-order valence-electron chi connectivity index (χ0n) is 18.6. The number of ether oxygens (including phenoxy) is 2. The minimum absolute atomic E-state index is 0.0365. The van der Waals surface area contributed by atoms with Crippen molar-refractivity contribution in [2.24, 2.45) is 0 Å². The normalized spacial score (nSPS) is 11.5. The van der Waals surface area contributed by atoms with Crippen molar-refractivity contribution in [2.45, 2.75) is 11.9 Å². The summed E-state index contributed by atoms with van der Waals surface area (Å²) in [7, 11) is -3.49. The van der Waals surface area contributed by atoms with Crippen molar-refractivity contribution in [1.82, 2.24) is 24.9 Å². The van der Waals surface area contributed by atoms with Crippen molar-refractivity contribution in [3.05, 3.63) is 78.9 Å². The lowest BCUT2D eigenvalue weighted by molar-refractivity contribution is 0.399. The van der Waals surface area contributed by atoms with Gasteiger partial charge in [-0.15, -0.1) is 0 Å². The first-order valence-corrected chi connectivity index (χ1v) is 12.3. The lowest BCUT2D eigenvalue weighted by Crippen LogP contribution is -2.05. The Morgan fingerprint density at radius 3 is 2.47 bits per heavy atom. The molecule has 2 aromatic carbocycles. The van der Waals surface area contributed by atoms with Crippen LogP contribution >= 0.6 is 0 Å². The van der Waals surface area contributed by atoms with Crippen molar-refractivity contribution in [2.75, 3.05) is 5.75 Å². The maximum absolute atomic E-state index is 14.3. The molecular formula is C24H17F2N5O4S. The average Bonchev–Trinajstić information content (AvgIpc) is 3.30. The van der Waals surface area contributed by atoms with Crippen molar-refractivity contribution < 1.29 is 26.7 Å². The van der Waals surface area contributed by atoms with Gasteiger partial charge in [-0.1, -0.05) is 6.92 Å². The number of H-pyrrole nitrogens is 1. The van der Waals surface area contributed by atoms with Crippen molar-refractivity contribution in [3.63, 3.8) is 0 Å². The Hall–Kier alpha value is -4.45. The Morgan fingerprint density at radius 1 is 0.917 bits per heavy atom. The third kappa shape index (κ3) is 4.70. The topological polar surface area (TPSA) is 120 Å². The third-order valence-corrected chi connectivity index (χ3v) is 6.74. The second-order valence-corrected chi connectivity index (χ2v) is 9.73. The van der Waals surface area contributed by atoms with E-state index in [2.05, 4.69) is 24.9 Å². The van der Waals surface area contributed by atoms with Gasteiger partial charge in [-0.3, -0.25) is 4.98 Å². The van der Waals surface area contributed by atoms with Crippen LogP contribution in [0.15, 0.2) is 72.3 Å². The molecule has 5 rings (SSSR count). The molecule has 0 saturated carbocycles. The number of sulfone groups is 1. The van der Waals surface area contributed by atoms with E-state index in [0.29, 0.717) is 22.6 Å². The van der Waals surface area contributed by atoms with Crippen LogP contribution in [0.3, 0.4) is 0 Å². The summed E-state index contributed by atoms with van der Waals surface area (Å²) < 4.78 is 63.7. The molecule has 182 valence electrons. The molecule has 3 aromatic heterocycles. The highest BCUT2D eigenvalue weighted by molar-refractivity contribution is 7.91. The molecule has 12 heteroatoms.